The summed E-state index contributed by atoms with van der Waals surface area (Å²) >= 11 is 0. The van der Waals surface area contributed by atoms with Gasteiger partial charge in [0.05, 0.1) is 5.56 Å². The highest BCUT2D eigenvalue weighted by Crippen LogP contribution is 2.34. The van der Waals surface area contributed by atoms with Gasteiger partial charge in [-0.1, -0.05) is 52.5 Å². The summed E-state index contributed by atoms with van der Waals surface area (Å²) in [4.78, 5) is 24.8. The topological polar surface area (TPSA) is 65.7 Å². The standard InChI is InChI=1S/C30H37BO5/c1-9-19(4)21-13-15-24(25(16-21)20(5)10-2)26-17-22-12-14-23(18-27(22)34-29(26)33)36-31(8)30(6,7)35-28(32)11-3/h11-20H,3,9-10H2,1-2,4-8H3. The largest absolute Gasteiger partial charge is 0.557 e. The molecule has 3 rings (SSSR count). The Hall–Kier alpha value is -3.28. The lowest BCUT2D eigenvalue weighted by Gasteiger charge is -2.28. The van der Waals surface area contributed by atoms with E-state index in [0.717, 1.165) is 29.9 Å². The van der Waals surface area contributed by atoms with E-state index in [4.69, 9.17) is 13.8 Å². The first kappa shape index (κ1) is 27.3. The number of carbonyl (C=O) groups excluding carboxylic acids is 1. The molecule has 2 aromatic carbocycles. The first-order chi connectivity index (χ1) is 17.0. The van der Waals surface area contributed by atoms with Crippen LogP contribution in [-0.4, -0.2) is 18.4 Å². The van der Waals surface area contributed by atoms with Gasteiger partial charge in [-0.2, -0.15) is 0 Å². The van der Waals surface area contributed by atoms with E-state index in [1.54, 1.807) is 19.9 Å². The highest BCUT2D eigenvalue weighted by molar-refractivity contribution is 6.54. The van der Waals surface area contributed by atoms with Crippen LogP contribution in [0.5, 0.6) is 5.75 Å². The third-order valence-electron chi connectivity index (χ3n) is 7.22. The minimum Gasteiger partial charge on any atom is -0.557 e. The summed E-state index contributed by atoms with van der Waals surface area (Å²) in [6, 6.07) is 13.7. The summed E-state index contributed by atoms with van der Waals surface area (Å²) < 4.78 is 17.2. The molecule has 0 saturated heterocycles. The summed E-state index contributed by atoms with van der Waals surface area (Å²) in [5, 5.41) is 0.808. The molecule has 2 atom stereocenters. The lowest BCUT2D eigenvalue weighted by molar-refractivity contribution is -0.144. The Labute approximate surface area is 214 Å². The van der Waals surface area contributed by atoms with Crippen molar-refractivity contribution in [2.75, 3.05) is 0 Å². The molecule has 36 heavy (non-hydrogen) atoms. The maximum Gasteiger partial charge on any atom is 0.398 e. The number of hydrogen-bond acceptors (Lipinski definition) is 5. The molecule has 190 valence electrons. The second kappa shape index (κ2) is 11.2. The second-order valence-electron chi connectivity index (χ2n) is 10.1. The van der Waals surface area contributed by atoms with Crippen LogP contribution in [-0.2, 0) is 9.53 Å². The second-order valence-corrected chi connectivity index (χ2v) is 10.1. The zero-order valence-electron chi connectivity index (χ0n) is 22.5. The van der Waals surface area contributed by atoms with E-state index in [-0.39, 0.29) is 5.63 Å². The van der Waals surface area contributed by atoms with Crippen molar-refractivity contribution in [2.24, 2.45) is 0 Å². The summed E-state index contributed by atoms with van der Waals surface area (Å²) in [6.07, 6.45) is 3.17. The van der Waals surface area contributed by atoms with E-state index in [0.29, 0.717) is 28.7 Å². The predicted octanol–water partition coefficient (Wildman–Crippen LogP) is 7.53. The van der Waals surface area contributed by atoms with Crippen molar-refractivity contribution >= 4 is 23.9 Å². The summed E-state index contributed by atoms with van der Waals surface area (Å²) in [5.74, 6) is 0.782. The smallest absolute Gasteiger partial charge is 0.398 e. The van der Waals surface area contributed by atoms with Crippen LogP contribution in [0.25, 0.3) is 22.1 Å². The number of esters is 1. The van der Waals surface area contributed by atoms with Crippen LogP contribution >= 0.6 is 0 Å². The number of benzene rings is 2. The molecule has 0 spiro atoms. The Bertz CT molecular complexity index is 1310. The molecule has 0 N–H and O–H groups in total. The van der Waals surface area contributed by atoms with Crippen LogP contribution in [0.4, 0.5) is 0 Å². The maximum atomic E-state index is 13.1. The van der Waals surface area contributed by atoms with Crippen LogP contribution in [0, 0.1) is 0 Å². The van der Waals surface area contributed by atoms with Crippen LogP contribution in [0.2, 0.25) is 6.82 Å². The van der Waals surface area contributed by atoms with Crippen LogP contribution in [0.15, 0.2) is 64.3 Å². The summed E-state index contributed by atoms with van der Waals surface area (Å²) in [5.41, 5.74) is 3.13. The summed E-state index contributed by atoms with van der Waals surface area (Å²) in [6.45, 7) is 17.1. The van der Waals surface area contributed by atoms with Crippen molar-refractivity contribution in [2.45, 2.75) is 78.5 Å². The van der Waals surface area contributed by atoms with Crippen LogP contribution < -0.4 is 10.3 Å². The lowest BCUT2D eigenvalue weighted by Crippen LogP contribution is -2.46. The van der Waals surface area contributed by atoms with Gasteiger partial charge in [0.2, 0.25) is 0 Å². The zero-order chi connectivity index (χ0) is 26.6. The van der Waals surface area contributed by atoms with Crippen LogP contribution in [0.1, 0.15) is 77.3 Å². The van der Waals surface area contributed by atoms with Gasteiger partial charge in [-0.15, -0.1) is 0 Å². The van der Waals surface area contributed by atoms with Crippen molar-refractivity contribution in [3.8, 4) is 16.9 Å². The first-order valence-corrected chi connectivity index (χ1v) is 12.7. The minimum absolute atomic E-state index is 0.315. The number of carbonyl (C=O) groups is 1. The van der Waals surface area contributed by atoms with Crippen molar-refractivity contribution in [1.29, 1.82) is 0 Å². The number of hydrogen-bond donors (Lipinski definition) is 0. The average molecular weight is 488 g/mol. The van der Waals surface area contributed by atoms with Gasteiger partial charge in [0.1, 0.15) is 16.8 Å². The minimum atomic E-state index is -0.876. The van der Waals surface area contributed by atoms with E-state index in [1.165, 1.54) is 11.1 Å². The molecule has 0 aliphatic rings. The Morgan fingerprint density at radius 2 is 1.75 bits per heavy atom. The molecule has 1 heterocycles. The normalized spacial score (nSPS) is 13.2. The molecule has 5 nitrogen and oxygen atoms in total. The molecule has 3 aromatic rings. The fraction of sp³-hybridized carbons (Fsp3) is 0.400. The first-order valence-electron chi connectivity index (χ1n) is 12.7. The van der Waals surface area contributed by atoms with Crippen molar-refractivity contribution in [3.63, 3.8) is 0 Å². The van der Waals surface area contributed by atoms with Gasteiger partial charge in [-0.05, 0) is 80.2 Å². The van der Waals surface area contributed by atoms with E-state index in [2.05, 4.69) is 52.5 Å². The fourth-order valence-electron chi connectivity index (χ4n) is 4.08. The SMILES string of the molecule is C=CC(=O)OC(C)(C)B(C)Oc1ccc2cc(-c3ccc(C(C)CC)cc3C(C)CC)c(=O)oc2c1. The van der Waals surface area contributed by atoms with Crippen molar-refractivity contribution in [3.05, 3.63) is 76.7 Å². The Morgan fingerprint density at radius 3 is 2.39 bits per heavy atom. The molecule has 6 heteroatoms. The van der Waals surface area contributed by atoms with E-state index in [9.17, 15) is 9.59 Å². The molecule has 0 radical (unpaired) electrons. The lowest BCUT2D eigenvalue weighted by atomic mass is 9.56. The Kier molecular flexibility index (Phi) is 8.49. The number of rotatable bonds is 10. The van der Waals surface area contributed by atoms with Gasteiger partial charge in [0.25, 0.3) is 0 Å². The van der Waals surface area contributed by atoms with Crippen LogP contribution in [0.3, 0.4) is 0 Å². The van der Waals surface area contributed by atoms with E-state index >= 15 is 0 Å². The van der Waals surface area contributed by atoms with Gasteiger partial charge in [-0.25, -0.2) is 9.59 Å². The molecule has 0 fully saturated rings. The van der Waals surface area contributed by atoms with E-state index < -0.39 is 18.4 Å². The van der Waals surface area contributed by atoms with E-state index in [1.807, 2.05) is 25.0 Å². The molecule has 1 aromatic heterocycles. The van der Waals surface area contributed by atoms with Gasteiger partial charge in [-0.3, -0.25) is 0 Å². The van der Waals surface area contributed by atoms with Crippen molar-refractivity contribution in [1.82, 2.24) is 0 Å². The molecule has 0 aliphatic carbocycles. The number of fused-ring (bicyclic) bond motifs is 1. The third-order valence-corrected chi connectivity index (χ3v) is 7.22. The van der Waals surface area contributed by atoms with Gasteiger partial charge in [0.15, 0.2) is 0 Å². The fourth-order valence-corrected chi connectivity index (χ4v) is 4.08. The average Bonchev–Trinajstić information content (AvgIpc) is 2.86. The number of ether oxygens (including phenoxy) is 1. The van der Waals surface area contributed by atoms with Crippen molar-refractivity contribution < 1.29 is 18.6 Å². The predicted molar refractivity (Wildman–Crippen MR) is 148 cm³/mol. The highest BCUT2D eigenvalue weighted by atomic mass is 16.6. The van der Waals surface area contributed by atoms with Gasteiger partial charge < -0.3 is 13.8 Å². The highest BCUT2D eigenvalue weighted by Gasteiger charge is 2.36. The molecule has 0 saturated carbocycles. The zero-order valence-corrected chi connectivity index (χ0v) is 22.5. The molecule has 0 bridgehead atoms. The Balaban J connectivity index is 1.98. The quantitative estimate of drug-likeness (QED) is 0.128. The monoisotopic (exact) mass is 488 g/mol. The molecule has 2 unspecified atom stereocenters. The third kappa shape index (κ3) is 5.92. The molecule has 0 aliphatic heterocycles. The maximum absolute atomic E-state index is 13.1. The summed E-state index contributed by atoms with van der Waals surface area (Å²) in [7, 11) is 0. The van der Waals surface area contributed by atoms with Gasteiger partial charge in [0, 0.05) is 17.5 Å². The molecular weight excluding hydrogens is 451 g/mol. The molecule has 0 amide bonds. The Morgan fingerprint density at radius 1 is 1.06 bits per heavy atom. The molecular formula is C30H37BO5. The van der Waals surface area contributed by atoms with Gasteiger partial charge >= 0.3 is 18.5 Å².